The predicted molar refractivity (Wildman–Crippen MR) is 91.9 cm³/mol. The zero-order valence-corrected chi connectivity index (χ0v) is 15.2. The van der Waals surface area contributed by atoms with Gasteiger partial charge in [-0.1, -0.05) is 22.0 Å². The first-order chi connectivity index (χ1) is 9.92. The van der Waals surface area contributed by atoms with Crippen molar-refractivity contribution in [1.29, 1.82) is 0 Å². The molecule has 4 nitrogen and oxygen atoms in total. The van der Waals surface area contributed by atoms with Gasteiger partial charge in [0.05, 0.1) is 0 Å². The van der Waals surface area contributed by atoms with E-state index < -0.39 is 10.0 Å². The molecule has 0 aliphatic heterocycles. The van der Waals surface area contributed by atoms with Crippen molar-refractivity contribution in [1.82, 2.24) is 5.32 Å². The van der Waals surface area contributed by atoms with Gasteiger partial charge in [-0.15, -0.1) is 0 Å². The van der Waals surface area contributed by atoms with Crippen LogP contribution in [-0.4, -0.2) is 15.5 Å². The van der Waals surface area contributed by atoms with Gasteiger partial charge in [0.2, 0.25) is 0 Å². The Morgan fingerprint density at radius 3 is 2.29 bits per heavy atom. The molecule has 2 aromatic carbocycles. The molecule has 7 heteroatoms. The molecule has 21 heavy (non-hydrogen) atoms. The Bertz CT molecular complexity index is 731. The van der Waals surface area contributed by atoms with Gasteiger partial charge in [0.15, 0.2) is 0 Å². The Kier molecular flexibility index (Phi) is 5.43. The third kappa shape index (κ3) is 4.29. The lowest BCUT2D eigenvalue weighted by Gasteiger charge is -2.11. The van der Waals surface area contributed by atoms with Crippen molar-refractivity contribution in [2.24, 2.45) is 0 Å². The average molecular weight is 434 g/mol. The molecule has 0 aromatic heterocycles. The van der Waals surface area contributed by atoms with Crippen molar-refractivity contribution in [3.8, 4) is 0 Å². The number of hydrogen-bond acceptors (Lipinski definition) is 3. The van der Waals surface area contributed by atoms with E-state index in [1.54, 1.807) is 42.5 Å². The summed E-state index contributed by atoms with van der Waals surface area (Å²) < 4.78 is 28.8. The molecule has 2 N–H and O–H groups in total. The summed E-state index contributed by atoms with van der Waals surface area (Å²) in [6.07, 6.45) is 0. The van der Waals surface area contributed by atoms with Crippen molar-refractivity contribution < 1.29 is 8.42 Å². The van der Waals surface area contributed by atoms with Crippen molar-refractivity contribution in [2.45, 2.75) is 11.4 Å². The van der Waals surface area contributed by atoms with E-state index in [-0.39, 0.29) is 4.90 Å². The van der Waals surface area contributed by atoms with E-state index in [0.717, 1.165) is 10.0 Å². The largest absolute Gasteiger partial charge is 0.316 e. The highest BCUT2D eigenvalue weighted by molar-refractivity contribution is 9.10. The van der Waals surface area contributed by atoms with E-state index in [4.69, 9.17) is 0 Å². The second-order valence-corrected chi connectivity index (χ2v) is 7.83. The first-order valence-electron chi connectivity index (χ1n) is 6.14. The van der Waals surface area contributed by atoms with E-state index in [0.29, 0.717) is 16.7 Å². The third-order valence-corrected chi connectivity index (χ3v) is 5.65. The average Bonchev–Trinajstić information content (AvgIpc) is 2.41. The number of halogens is 2. The van der Waals surface area contributed by atoms with E-state index >= 15 is 0 Å². The number of anilines is 1. The zero-order valence-electron chi connectivity index (χ0n) is 11.2. The van der Waals surface area contributed by atoms with Crippen LogP contribution in [0.4, 0.5) is 5.69 Å². The summed E-state index contributed by atoms with van der Waals surface area (Å²) in [5.74, 6) is 0. The molecule has 0 aliphatic rings. The van der Waals surface area contributed by atoms with Crippen LogP contribution < -0.4 is 10.0 Å². The highest BCUT2D eigenvalue weighted by Crippen LogP contribution is 2.26. The third-order valence-electron chi connectivity index (χ3n) is 2.76. The second-order valence-electron chi connectivity index (χ2n) is 4.41. The van der Waals surface area contributed by atoms with Gasteiger partial charge >= 0.3 is 0 Å². The van der Waals surface area contributed by atoms with Gasteiger partial charge in [-0.2, -0.15) is 0 Å². The van der Waals surface area contributed by atoms with Gasteiger partial charge in [0, 0.05) is 21.2 Å². The molecule has 0 amide bonds. The molecule has 0 saturated carbocycles. The van der Waals surface area contributed by atoms with Gasteiger partial charge in [0.1, 0.15) is 4.90 Å². The number of sulfonamides is 1. The molecule has 0 fully saturated rings. The molecule has 0 saturated heterocycles. The Labute approximate surface area is 141 Å². The topological polar surface area (TPSA) is 58.2 Å². The predicted octanol–water partition coefficient (Wildman–Crippen LogP) is 3.73. The minimum absolute atomic E-state index is 0.213. The molecule has 0 atom stereocenters. The standard InChI is InChI=1S/C14H14Br2N2O2S/c1-17-9-10-2-7-14(13(16)8-10)21(19,20)18-12-5-3-11(15)4-6-12/h2-8,17-18H,9H2,1H3. The summed E-state index contributed by atoms with van der Waals surface area (Å²) in [5.41, 5.74) is 1.52. The number of nitrogens with one attached hydrogen (secondary N) is 2. The maximum atomic E-state index is 12.4. The van der Waals surface area contributed by atoms with E-state index in [1.807, 2.05) is 7.05 Å². The summed E-state index contributed by atoms with van der Waals surface area (Å²) in [5, 5.41) is 3.02. The molecule has 0 radical (unpaired) electrons. The minimum Gasteiger partial charge on any atom is -0.316 e. The summed E-state index contributed by atoms with van der Waals surface area (Å²) >= 11 is 6.64. The monoisotopic (exact) mass is 432 g/mol. The SMILES string of the molecule is CNCc1ccc(S(=O)(=O)Nc2ccc(Br)cc2)c(Br)c1. The molecule has 2 rings (SSSR count). The Balaban J connectivity index is 2.29. The fourth-order valence-electron chi connectivity index (χ4n) is 1.80. The minimum atomic E-state index is -3.62. The van der Waals surface area contributed by atoms with Crippen LogP contribution in [0.5, 0.6) is 0 Å². The first-order valence-corrected chi connectivity index (χ1v) is 9.21. The van der Waals surface area contributed by atoms with Crippen molar-refractivity contribution in [2.75, 3.05) is 11.8 Å². The Morgan fingerprint density at radius 2 is 1.71 bits per heavy atom. The normalized spacial score (nSPS) is 11.4. The lowest BCUT2D eigenvalue weighted by atomic mass is 10.2. The number of hydrogen-bond donors (Lipinski definition) is 2. The molecule has 2 aromatic rings. The van der Waals surface area contributed by atoms with Crippen molar-refractivity contribution in [3.63, 3.8) is 0 Å². The highest BCUT2D eigenvalue weighted by atomic mass is 79.9. The van der Waals surface area contributed by atoms with Gasteiger partial charge < -0.3 is 5.32 Å². The highest BCUT2D eigenvalue weighted by Gasteiger charge is 2.18. The number of rotatable bonds is 5. The fourth-order valence-corrected chi connectivity index (χ4v) is 4.25. The molecule has 0 heterocycles. The molecule has 112 valence electrons. The van der Waals surface area contributed by atoms with Gasteiger partial charge in [-0.25, -0.2) is 8.42 Å². The molecule has 0 aliphatic carbocycles. The van der Waals surface area contributed by atoms with Crippen molar-refractivity contribution >= 4 is 47.6 Å². The molecule has 0 unspecified atom stereocenters. The summed E-state index contributed by atoms with van der Waals surface area (Å²) in [4.78, 5) is 0.213. The van der Waals surface area contributed by atoms with Crippen LogP contribution in [-0.2, 0) is 16.6 Å². The number of benzene rings is 2. The van der Waals surface area contributed by atoms with Crippen LogP contribution in [0, 0.1) is 0 Å². The quantitative estimate of drug-likeness (QED) is 0.755. The van der Waals surface area contributed by atoms with Gasteiger partial charge in [-0.3, -0.25) is 4.72 Å². The van der Waals surface area contributed by atoms with Gasteiger partial charge in [0.25, 0.3) is 10.0 Å². The van der Waals surface area contributed by atoms with Crippen LogP contribution >= 0.6 is 31.9 Å². The lowest BCUT2D eigenvalue weighted by molar-refractivity contribution is 0.600. The molecule has 0 bridgehead atoms. The fraction of sp³-hybridized carbons (Fsp3) is 0.143. The summed E-state index contributed by atoms with van der Waals surface area (Å²) in [6.45, 7) is 0.680. The zero-order chi connectivity index (χ0) is 15.5. The summed E-state index contributed by atoms with van der Waals surface area (Å²) in [6, 6.07) is 12.1. The second kappa shape index (κ2) is 6.91. The maximum Gasteiger partial charge on any atom is 0.263 e. The van der Waals surface area contributed by atoms with Crippen LogP contribution in [0.25, 0.3) is 0 Å². The van der Waals surface area contributed by atoms with Crippen molar-refractivity contribution in [3.05, 3.63) is 57.0 Å². The Hall–Kier alpha value is -0.890. The molecular formula is C14H14Br2N2O2S. The van der Waals surface area contributed by atoms with Crippen LogP contribution in [0.15, 0.2) is 56.3 Å². The van der Waals surface area contributed by atoms with Gasteiger partial charge in [-0.05, 0) is 64.9 Å². The molecule has 0 spiro atoms. The van der Waals surface area contributed by atoms with Crippen LogP contribution in [0.3, 0.4) is 0 Å². The van der Waals surface area contributed by atoms with Crippen LogP contribution in [0.1, 0.15) is 5.56 Å². The van der Waals surface area contributed by atoms with E-state index in [9.17, 15) is 8.42 Å². The van der Waals surface area contributed by atoms with E-state index in [1.165, 1.54) is 0 Å². The summed E-state index contributed by atoms with van der Waals surface area (Å²) in [7, 11) is -1.78. The van der Waals surface area contributed by atoms with Crippen LogP contribution in [0.2, 0.25) is 0 Å². The lowest BCUT2D eigenvalue weighted by Crippen LogP contribution is -2.14. The first kappa shape index (κ1) is 16.5. The Morgan fingerprint density at radius 1 is 1.05 bits per heavy atom. The smallest absolute Gasteiger partial charge is 0.263 e. The maximum absolute atomic E-state index is 12.4. The van der Waals surface area contributed by atoms with E-state index in [2.05, 4.69) is 41.9 Å². The molecular weight excluding hydrogens is 420 g/mol.